The molecule has 2 aromatic rings. The number of unbranched alkanes of at least 4 members (excludes halogenated alkanes) is 1. The van der Waals surface area contributed by atoms with Gasteiger partial charge in [0.05, 0.1) is 12.2 Å². The van der Waals surface area contributed by atoms with Gasteiger partial charge in [-0.25, -0.2) is 9.59 Å². The Morgan fingerprint density at radius 3 is 2.23 bits per heavy atom. The molecule has 0 radical (unpaired) electrons. The minimum absolute atomic E-state index is 0.297. The van der Waals surface area contributed by atoms with Crippen LogP contribution in [0.2, 0.25) is 0 Å². The SMILES string of the molecule is CCCCc1ccc(C(=O)OC(C(=O)OCCC)c2ccccc2)cc1. The van der Waals surface area contributed by atoms with Gasteiger partial charge in [-0.3, -0.25) is 0 Å². The maximum Gasteiger partial charge on any atom is 0.352 e. The van der Waals surface area contributed by atoms with Gasteiger partial charge in [0.1, 0.15) is 0 Å². The van der Waals surface area contributed by atoms with E-state index in [0.717, 1.165) is 19.3 Å². The Hall–Kier alpha value is -2.62. The van der Waals surface area contributed by atoms with E-state index in [9.17, 15) is 9.59 Å². The third-order valence-electron chi connectivity index (χ3n) is 4.00. The lowest BCUT2D eigenvalue weighted by molar-refractivity contribution is -0.154. The van der Waals surface area contributed by atoms with Gasteiger partial charge in [0.15, 0.2) is 0 Å². The van der Waals surface area contributed by atoms with Gasteiger partial charge >= 0.3 is 11.9 Å². The van der Waals surface area contributed by atoms with Crippen LogP contribution in [0.25, 0.3) is 0 Å². The van der Waals surface area contributed by atoms with E-state index in [4.69, 9.17) is 9.47 Å². The van der Waals surface area contributed by atoms with Crippen molar-refractivity contribution in [3.63, 3.8) is 0 Å². The zero-order valence-corrected chi connectivity index (χ0v) is 15.4. The molecule has 4 heteroatoms. The highest BCUT2D eigenvalue weighted by molar-refractivity contribution is 5.91. The third-order valence-corrected chi connectivity index (χ3v) is 4.00. The molecule has 0 aliphatic heterocycles. The number of esters is 2. The summed E-state index contributed by atoms with van der Waals surface area (Å²) in [5.74, 6) is -1.08. The summed E-state index contributed by atoms with van der Waals surface area (Å²) in [5, 5.41) is 0. The zero-order valence-electron chi connectivity index (χ0n) is 15.4. The fourth-order valence-electron chi connectivity index (χ4n) is 2.52. The Bertz CT molecular complexity index is 692. The van der Waals surface area contributed by atoms with Crippen molar-refractivity contribution in [2.24, 2.45) is 0 Å². The summed E-state index contributed by atoms with van der Waals surface area (Å²) in [5.41, 5.74) is 2.21. The van der Waals surface area contributed by atoms with Crippen molar-refractivity contribution in [3.8, 4) is 0 Å². The molecule has 4 nitrogen and oxygen atoms in total. The topological polar surface area (TPSA) is 52.6 Å². The van der Waals surface area contributed by atoms with Gasteiger partial charge in [-0.2, -0.15) is 0 Å². The lowest BCUT2D eigenvalue weighted by Gasteiger charge is -2.17. The number of hydrogen-bond donors (Lipinski definition) is 0. The van der Waals surface area contributed by atoms with Crippen LogP contribution in [0, 0.1) is 0 Å². The van der Waals surface area contributed by atoms with E-state index in [-0.39, 0.29) is 0 Å². The van der Waals surface area contributed by atoms with Crippen molar-refractivity contribution >= 4 is 11.9 Å². The first kappa shape index (κ1) is 19.7. The molecule has 2 aromatic carbocycles. The van der Waals surface area contributed by atoms with Crippen LogP contribution in [0.15, 0.2) is 54.6 Å². The third kappa shape index (κ3) is 5.73. The average molecular weight is 354 g/mol. The summed E-state index contributed by atoms with van der Waals surface area (Å²) in [7, 11) is 0. The molecule has 0 fully saturated rings. The second-order valence-electron chi connectivity index (χ2n) is 6.16. The van der Waals surface area contributed by atoms with E-state index in [1.165, 1.54) is 5.56 Å². The summed E-state index contributed by atoms with van der Waals surface area (Å²) < 4.78 is 10.7. The van der Waals surface area contributed by atoms with Crippen LogP contribution >= 0.6 is 0 Å². The number of benzene rings is 2. The summed E-state index contributed by atoms with van der Waals surface area (Å²) >= 11 is 0. The highest BCUT2D eigenvalue weighted by Gasteiger charge is 2.27. The van der Waals surface area contributed by atoms with E-state index in [0.29, 0.717) is 24.2 Å². The zero-order chi connectivity index (χ0) is 18.8. The second kappa shape index (κ2) is 10.4. The molecule has 138 valence electrons. The van der Waals surface area contributed by atoms with Crippen LogP contribution in [0.1, 0.15) is 60.7 Å². The predicted octanol–water partition coefficient (Wildman–Crippen LogP) is 4.88. The molecular weight excluding hydrogens is 328 g/mol. The minimum atomic E-state index is -1.06. The molecule has 0 spiro atoms. The highest BCUT2D eigenvalue weighted by atomic mass is 16.6. The molecule has 0 saturated heterocycles. The van der Waals surface area contributed by atoms with Gasteiger partial charge in [-0.15, -0.1) is 0 Å². The van der Waals surface area contributed by atoms with Gasteiger partial charge in [0.2, 0.25) is 6.10 Å². The van der Waals surface area contributed by atoms with E-state index >= 15 is 0 Å². The quantitative estimate of drug-likeness (QED) is 0.602. The fraction of sp³-hybridized carbons (Fsp3) is 0.364. The van der Waals surface area contributed by atoms with E-state index in [1.807, 2.05) is 25.1 Å². The van der Waals surface area contributed by atoms with Crippen LogP contribution < -0.4 is 0 Å². The molecule has 0 saturated carbocycles. The van der Waals surface area contributed by atoms with Crippen LogP contribution in [-0.2, 0) is 20.7 Å². The largest absolute Gasteiger partial charge is 0.463 e. The van der Waals surface area contributed by atoms with Gasteiger partial charge in [-0.1, -0.05) is 62.7 Å². The normalized spacial score (nSPS) is 11.6. The number of rotatable bonds is 9. The molecule has 0 aromatic heterocycles. The predicted molar refractivity (Wildman–Crippen MR) is 101 cm³/mol. The maximum absolute atomic E-state index is 12.5. The van der Waals surface area contributed by atoms with Crippen LogP contribution in [0.5, 0.6) is 0 Å². The molecule has 0 bridgehead atoms. The van der Waals surface area contributed by atoms with Crippen molar-refractivity contribution < 1.29 is 19.1 Å². The number of ether oxygens (including phenoxy) is 2. The van der Waals surface area contributed by atoms with Crippen LogP contribution in [-0.4, -0.2) is 18.5 Å². The molecule has 2 rings (SSSR count). The van der Waals surface area contributed by atoms with Crippen LogP contribution in [0.3, 0.4) is 0 Å². The first-order valence-corrected chi connectivity index (χ1v) is 9.17. The highest BCUT2D eigenvalue weighted by Crippen LogP contribution is 2.21. The standard InChI is InChI=1S/C22H26O4/c1-3-5-9-17-12-14-19(15-13-17)21(23)26-20(22(24)25-16-4-2)18-10-7-6-8-11-18/h6-8,10-15,20H,3-5,9,16H2,1-2H3. The second-order valence-corrected chi connectivity index (χ2v) is 6.16. The minimum Gasteiger partial charge on any atom is -0.463 e. The Morgan fingerprint density at radius 1 is 0.923 bits per heavy atom. The number of aryl methyl sites for hydroxylation is 1. The Labute approximate surface area is 155 Å². The number of carbonyl (C=O) groups is 2. The van der Waals surface area contributed by atoms with Gasteiger partial charge in [0.25, 0.3) is 0 Å². The molecule has 0 N–H and O–H groups in total. The summed E-state index contributed by atoms with van der Waals surface area (Å²) in [6.07, 6.45) is 2.88. The molecule has 0 amide bonds. The van der Waals surface area contributed by atoms with Crippen molar-refractivity contribution in [1.82, 2.24) is 0 Å². The first-order chi connectivity index (χ1) is 12.7. The van der Waals surface area contributed by atoms with Crippen molar-refractivity contribution in [3.05, 3.63) is 71.3 Å². The summed E-state index contributed by atoms with van der Waals surface area (Å²) in [4.78, 5) is 24.8. The van der Waals surface area contributed by atoms with Crippen molar-refractivity contribution in [2.45, 2.75) is 45.6 Å². The van der Waals surface area contributed by atoms with Crippen molar-refractivity contribution in [1.29, 1.82) is 0 Å². The molecular formula is C22H26O4. The molecule has 0 aliphatic rings. The van der Waals surface area contributed by atoms with Gasteiger partial charge in [-0.05, 0) is 37.0 Å². The van der Waals surface area contributed by atoms with Crippen molar-refractivity contribution in [2.75, 3.05) is 6.61 Å². The Balaban J connectivity index is 2.11. The summed E-state index contributed by atoms with van der Waals surface area (Å²) in [6.45, 7) is 4.36. The van der Waals surface area contributed by atoms with Gasteiger partial charge in [0, 0.05) is 5.56 Å². The number of carbonyl (C=O) groups excluding carboxylic acids is 2. The summed E-state index contributed by atoms with van der Waals surface area (Å²) in [6, 6.07) is 16.3. The molecule has 26 heavy (non-hydrogen) atoms. The monoisotopic (exact) mass is 354 g/mol. The molecule has 1 unspecified atom stereocenters. The van der Waals surface area contributed by atoms with Crippen LogP contribution in [0.4, 0.5) is 0 Å². The average Bonchev–Trinajstić information content (AvgIpc) is 2.69. The van der Waals surface area contributed by atoms with Gasteiger partial charge < -0.3 is 9.47 Å². The van der Waals surface area contributed by atoms with E-state index < -0.39 is 18.0 Å². The first-order valence-electron chi connectivity index (χ1n) is 9.17. The number of hydrogen-bond acceptors (Lipinski definition) is 4. The Kier molecular flexibility index (Phi) is 7.87. The van der Waals surface area contributed by atoms with E-state index in [1.54, 1.807) is 36.4 Å². The maximum atomic E-state index is 12.5. The smallest absolute Gasteiger partial charge is 0.352 e. The lowest BCUT2D eigenvalue weighted by atomic mass is 10.1. The molecule has 0 aliphatic carbocycles. The Morgan fingerprint density at radius 2 is 1.62 bits per heavy atom. The molecule has 1 atom stereocenters. The van der Waals surface area contributed by atoms with E-state index in [2.05, 4.69) is 6.92 Å². The fourth-order valence-corrected chi connectivity index (χ4v) is 2.52. The molecule has 0 heterocycles. The lowest BCUT2D eigenvalue weighted by Crippen LogP contribution is -2.22.